The number of aromatic nitrogens is 1. The highest BCUT2D eigenvalue weighted by atomic mass is 35.5. The van der Waals surface area contributed by atoms with Crippen LogP contribution in [0.3, 0.4) is 0 Å². The topological polar surface area (TPSA) is 113 Å². The van der Waals surface area contributed by atoms with E-state index in [1.807, 2.05) is 12.1 Å². The summed E-state index contributed by atoms with van der Waals surface area (Å²) in [6.45, 7) is 0.0798. The Morgan fingerprint density at radius 1 is 1.15 bits per heavy atom. The van der Waals surface area contributed by atoms with Crippen LogP contribution in [0.2, 0.25) is 5.02 Å². The molecule has 0 spiro atoms. The van der Waals surface area contributed by atoms with E-state index in [0.29, 0.717) is 49.0 Å². The van der Waals surface area contributed by atoms with Crippen molar-refractivity contribution >= 4 is 72.7 Å². The molecular formula is C28H23BClFN2O6S. The van der Waals surface area contributed by atoms with Gasteiger partial charge in [0.05, 0.1) is 29.0 Å². The quantitative estimate of drug-likeness (QED) is 0.281. The van der Waals surface area contributed by atoms with Gasteiger partial charge in [-0.25, -0.2) is 12.8 Å². The van der Waals surface area contributed by atoms with Crippen molar-refractivity contribution in [3.8, 4) is 0 Å². The lowest BCUT2D eigenvalue weighted by atomic mass is 9.79. The zero-order valence-corrected chi connectivity index (χ0v) is 22.9. The Morgan fingerprint density at radius 3 is 2.70 bits per heavy atom. The summed E-state index contributed by atoms with van der Waals surface area (Å²) in [6, 6.07) is 12.9. The first-order chi connectivity index (χ1) is 19.1. The molecule has 3 aromatic carbocycles. The predicted octanol–water partition coefficient (Wildman–Crippen LogP) is 4.71. The molecule has 0 amide bonds. The molecule has 0 radical (unpaired) electrons. The molecule has 1 unspecified atom stereocenters. The molecule has 204 valence electrons. The van der Waals surface area contributed by atoms with Gasteiger partial charge in [-0.15, -0.1) is 0 Å². The van der Waals surface area contributed by atoms with Gasteiger partial charge in [0.1, 0.15) is 17.0 Å². The molecular weight excluding hydrogens is 558 g/mol. The van der Waals surface area contributed by atoms with Gasteiger partial charge in [0.2, 0.25) is 10.0 Å². The van der Waals surface area contributed by atoms with Crippen molar-refractivity contribution in [2.24, 2.45) is 0 Å². The fourth-order valence-electron chi connectivity index (χ4n) is 5.82. The van der Waals surface area contributed by atoms with E-state index in [2.05, 4.69) is 4.98 Å². The number of halogens is 2. The van der Waals surface area contributed by atoms with E-state index < -0.39 is 34.6 Å². The van der Waals surface area contributed by atoms with Crippen molar-refractivity contribution in [3.63, 3.8) is 0 Å². The molecule has 2 aromatic heterocycles. The summed E-state index contributed by atoms with van der Waals surface area (Å²) in [6.07, 6.45) is 2.67. The van der Waals surface area contributed by atoms with Gasteiger partial charge in [0.25, 0.3) is 5.56 Å². The van der Waals surface area contributed by atoms with E-state index in [1.165, 1.54) is 16.4 Å². The first-order valence-corrected chi connectivity index (χ1v) is 15.1. The van der Waals surface area contributed by atoms with Crippen molar-refractivity contribution in [3.05, 3.63) is 80.9 Å². The molecule has 0 bridgehead atoms. The zero-order chi connectivity index (χ0) is 27.9. The van der Waals surface area contributed by atoms with Crippen LogP contribution in [0.15, 0.2) is 57.7 Å². The monoisotopic (exact) mass is 580 g/mol. The maximum atomic E-state index is 13.8. The number of H-pyrrole nitrogens is 1. The maximum Gasteiger partial charge on any atom is 0.493 e. The number of benzene rings is 3. The second-order valence-electron chi connectivity index (χ2n) is 10.5. The minimum absolute atomic E-state index is 0.0798. The largest absolute Gasteiger partial charge is 0.493 e. The standard InChI is InChI=1S/C28H23BClFN2O6S/c1-40(36,37)33(10-9-23-17-3-2-4-20(30)26(17)29(35)39-23)22-13-24-19(12-18(22)14-5-6-14)25-27(38-24)16-8-7-15(31)11-21(16)32-28(25)34/h2-4,7-8,11-14,23,35H,5-6,9-10H2,1H3,(H,32,34). The molecule has 1 aliphatic heterocycles. The number of rotatable bonds is 6. The van der Waals surface area contributed by atoms with Crippen molar-refractivity contribution in [1.82, 2.24) is 4.98 Å². The Morgan fingerprint density at radius 2 is 1.95 bits per heavy atom. The van der Waals surface area contributed by atoms with Gasteiger partial charge in [-0.1, -0.05) is 23.7 Å². The molecule has 3 heterocycles. The molecule has 2 N–H and O–H groups in total. The van der Waals surface area contributed by atoms with Gasteiger partial charge in [0, 0.05) is 33.9 Å². The number of hydrogen-bond acceptors (Lipinski definition) is 6. The van der Waals surface area contributed by atoms with Crippen LogP contribution < -0.4 is 15.3 Å². The number of anilines is 1. The Bertz CT molecular complexity index is 2020. The van der Waals surface area contributed by atoms with Gasteiger partial charge in [-0.3, -0.25) is 9.10 Å². The molecule has 5 aromatic rings. The Labute approximate surface area is 233 Å². The van der Waals surface area contributed by atoms with Crippen LogP contribution in [0.1, 0.15) is 42.4 Å². The van der Waals surface area contributed by atoms with Gasteiger partial charge >= 0.3 is 7.12 Å². The summed E-state index contributed by atoms with van der Waals surface area (Å²) >= 11 is 6.27. The van der Waals surface area contributed by atoms with Crippen molar-refractivity contribution in [1.29, 1.82) is 0 Å². The highest BCUT2D eigenvalue weighted by Crippen LogP contribution is 2.48. The Balaban J connectivity index is 1.35. The number of nitrogens with one attached hydrogen (secondary N) is 1. The van der Waals surface area contributed by atoms with E-state index in [0.717, 1.165) is 30.2 Å². The summed E-state index contributed by atoms with van der Waals surface area (Å²) in [7, 11) is -4.93. The van der Waals surface area contributed by atoms with Crippen LogP contribution in [0.25, 0.3) is 32.8 Å². The molecule has 8 nitrogen and oxygen atoms in total. The molecule has 1 aliphatic carbocycles. The highest BCUT2D eigenvalue weighted by Gasteiger charge is 2.38. The number of hydrogen-bond donors (Lipinski definition) is 2. The van der Waals surface area contributed by atoms with E-state index in [9.17, 15) is 22.6 Å². The summed E-state index contributed by atoms with van der Waals surface area (Å²) < 4.78 is 53.4. The molecule has 12 heteroatoms. The Kier molecular flexibility index (Phi) is 5.80. The summed E-state index contributed by atoms with van der Waals surface area (Å²) in [5.41, 5.74) is 3.11. The van der Waals surface area contributed by atoms with E-state index >= 15 is 0 Å². The third-order valence-corrected chi connectivity index (χ3v) is 9.30. The normalized spacial score (nSPS) is 17.3. The van der Waals surface area contributed by atoms with Crippen LogP contribution in [0, 0.1) is 5.82 Å². The summed E-state index contributed by atoms with van der Waals surface area (Å²) in [5, 5.41) is 12.3. The van der Waals surface area contributed by atoms with E-state index in [1.54, 1.807) is 24.3 Å². The Hall–Kier alpha value is -3.38. The fourth-order valence-corrected chi connectivity index (χ4v) is 7.05. The van der Waals surface area contributed by atoms with Gasteiger partial charge < -0.3 is 19.1 Å². The minimum atomic E-state index is -3.75. The lowest BCUT2D eigenvalue weighted by molar-refractivity contribution is 0.184. The van der Waals surface area contributed by atoms with Crippen molar-refractivity contribution < 1.29 is 26.9 Å². The second-order valence-corrected chi connectivity index (χ2v) is 12.8. The van der Waals surface area contributed by atoms with Gasteiger partial charge in [0.15, 0.2) is 0 Å². The number of nitrogens with zero attached hydrogens (tertiary/aromatic N) is 1. The van der Waals surface area contributed by atoms with Crippen LogP contribution >= 0.6 is 11.6 Å². The van der Waals surface area contributed by atoms with Crippen LogP contribution in [-0.2, 0) is 14.7 Å². The van der Waals surface area contributed by atoms with Crippen LogP contribution in [-0.4, -0.2) is 38.3 Å². The minimum Gasteiger partial charge on any atom is -0.455 e. The average Bonchev–Trinajstić information content (AvgIpc) is 3.58. The maximum absolute atomic E-state index is 13.8. The number of sulfonamides is 1. The van der Waals surface area contributed by atoms with Gasteiger partial charge in [-0.05, 0) is 66.6 Å². The number of aromatic amines is 1. The third-order valence-electron chi connectivity index (χ3n) is 7.79. The average molecular weight is 581 g/mol. The first-order valence-electron chi connectivity index (χ1n) is 12.9. The number of fused-ring (bicyclic) bond motifs is 6. The van der Waals surface area contributed by atoms with Crippen LogP contribution in [0.4, 0.5) is 10.1 Å². The molecule has 0 saturated heterocycles. The predicted molar refractivity (Wildman–Crippen MR) is 153 cm³/mol. The lowest BCUT2D eigenvalue weighted by Gasteiger charge is -2.26. The molecule has 2 aliphatic rings. The summed E-state index contributed by atoms with van der Waals surface area (Å²) in [4.78, 5) is 15.8. The summed E-state index contributed by atoms with van der Waals surface area (Å²) in [5.74, 6) is -0.337. The number of furan rings is 1. The lowest BCUT2D eigenvalue weighted by Crippen LogP contribution is -2.32. The zero-order valence-electron chi connectivity index (χ0n) is 21.3. The van der Waals surface area contributed by atoms with Crippen molar-refractivity contribution in [2.45, 2.75) is 31.3 Å². The third kappa shape index (κ3) is 4.11. The van der Waals surface area contributed by atoms with Crippen molar-refractivity contribution in [2.75, 3.05) is 17.1 Å². The smallest absolute Gasteiger partial charge is 0.455 e. The van der Waals surface area contributed by atoms with Gasteiger partial charge in [-0.2, -0.15) is 0 Å². The molecule has 1 fully saturated rings. The number of pyridine rings is 1. The highest BCUT2D eigenvalue weighted by molar-refractivity contribution is 7.92. The fraction of sp³-hybridized carbons (Fsp3) is 0.250. The van der Waals surface area contributed by atoms with E-state index in [-0.39, 0.29) is 18.9 Å². The SMILES string of the molecule is CS(=O)(=O)N(CCC1OB(O)c2c(Cl)cccc21)c1cc2oc3c4ccc(F)cc4[nH]c(=O)c3c2cc1C1CC1. The molecule has 1 saturated carbocycles. The molecule has 7 rings (SSSR count). The molecule has 40 heavy (non-hydrogen) atoms. The van der Waals surface area contributed by atoms with Crippen LogP contribution in [0.5, 0.6) is 0 Å². The van der Waals surface area contributed by atoms with E-state index in [4.69, 9.17) is 20.7 Å². The second kappa shape index (κ2) is 9.07. The molecule has 1 atom stereocenters. The first kappa shape index (κ1) is 25.6.